The molecule has 1 aliphatic rings. The van der Waals surface area contributed by atoms with Gasteiger partial charge in [-0.3, -0.25) is 4.79 Å². The number of ether oxygens (including phenoxy) is 4. The molecule has 0 radical (unpaired) electrons. The normalized spacial score (nSPS) is 18.1. The fourth-order valence-corrected chi connectivity index (χ4v) is 4.51. The first-order chi connectivity index (χ1) is 16.9. The molecule has 1 aliphatic heterocycles. The summed E-state index contributed by atoms with van der Waals surface area (Å²) in [7, 11) is 4.85. The largest absolute Gasteiger partial charge is 0.496 e. The standard InChI is InChI=1S/C27H35NO7/c1-32-16-5-4-14-27(15-7-17-35-27)26(31)28-21(25(29)30)18-19-10-12-20(13-11-19)24-22(33-2)8-6-9-23(24)34-3/h6,8-13,21H,4-5,7,14-18H2,1-3H3,(H,28,31)(H,29,30)/t21-,27+/m0/s1. The highest BCUT2D eigenvalue weighted by Crippen LogP contribution is 2.38. The molecule has 35 heavy (non-hydrogen) atoms. The van der Waals surface area contributed by atoms with Crippen LogP contribution in [0.15, 0.2) is 42.5 Å². The van der Waals surface area contributed by atoms with Crippen LogP contribution in [0.5, 0.6) is 11.5 Å². The van der Waals surface area contributed by atoms with E-state index in [4.69, 9.17) is 18.9 Å². The molecule has 1 fully saturated rings. The topological polar surface area (TPSA) is 103 Å². The number of hydrogen-bond acceptors (Lipinski definition) is 6. The smallest absolute Gasteiger partial charge is 0.326 e. The number of rotatable bonds is 13. The van der Waals surface area contributed by atoms with Crippen LogP contribution in [-0.4, -0.2) is 63.2 Å². The van der Waals surface area contributed by atoms with Gasteiger partial charge in [-0.05, 0) is 55.4 Å². The third-order valence-electron chi connectivity index (χ3n) is 6.41. The number of aliphatic carboxylic acids is 1. The van der Waals surface area contributed by atoms with Gasteiger partial charge in [-0.2, -0.15) is 0 Å². The van der Waals surface area contributed by atoms with E-state index in [1.54, 1.807) is 21.3 Å². The molecule has 1 heterocycles. The molecule has 0 spiro atoms. The Bertz CT molecular complexity index is 961. The van der Waals surface area contributed by atoms with E-state index in [2.05, 4.69) is 5.32 Å². The zero-order valence-corrected chi connectivity index (χ0v) is 20.7. The van der Waals surface area contributed by atoms with Crippen molar-refractivity contribution in [1.29, 1.82) is 0 Å². The van der Waals surface area contributed by atoms with Gasteiger partial charge in [0, 0.05) is 26.7 Å². The zero-order valence-electron chi connectivity index (χ0n) is 20.7. The van der Waals surface area contributed by atoms with Gasteiger partial charge in [0.15, 0.2) is 0 Å². The summed E-state index contributed by atoms with van der Waals surface area (Å²) in [5.74, 6) is -0.0724. The minimum absolute atomic E-state index is 0.157. The molecule has 8 nitrogen and oxygen atoms in total. The number of carbonyl (C=O) groups is 2. The molecule has 1 amide bonds. The fourth-order valence-electron chi connectivity index (χ4n) is 4.51. The average Bonchev–Trinajstić information content (AvgIpc) is 3.36. The van der Waals surface area contributed by atoms with Crippen LogP contribution in [0.3, 0.4) is 0 Å². The predicted octanol–water partition coefficient (Wildman–Crippen LogP) is 3.85. The van der Waals surface area contributed by atoms with E-state index >= 15 is 0 Å². The van der Waals surface area contributed by atoms with Gasteiger partial charge in [0.05, 0.1) is 19.8 Å². The quantitative estimate of drug-likeness (QED) is 0.416. The first-order valence-electron chi connectivity index (χ1n) is 11.9. The molecule has 1 saturated heterocycles. The number of methoxy groups -OCH3 is 3. The highest BCUT2D eigenvalue weighted by atomic mass is 16.5. The third kappa shape index (κ3) is 6.52. The molecular formula is C27H35NO7. The maximum absolute atomic E-state index is 13.2. The summed E-state index contributed by atoms with van der Waals surface area (Å²) in [6.45, 7) is 1.12. The first-order valence-corrected chi connectivity index (χ1v) is 11.9. The van der Waals surface area contributed by atoms with E-state index in [9.17, 15) is 14.7 Å². The Morgan fingerprint density at radius 1 is 1.06 bits per heavy atom. The van der Waals surface area contributed by atoms with E-state index in [1.165, 1.54) is 0 Å². The highest BCUT2D eigenvalue weighted by Gasteiger charge is 2.43. The lowest BCUT2D eigenvalue weighted by molar-refractivity contribution is -0.149. The molecule has 0 bridgehead atoms. The number of carboxylic acids is 1. The highest BCUT2D eigenvalue weighted by molar-refractivity contribution is 5.89. The number of hydrogen-bond donors (Lipinski definition) is 2. The van der Waals surface area contributed by atoms with Crippen molar-refractivity contribution in [2.45, 2.75) is 50.2 Å². The van der Waals surface area contributed by atoms with Crippen LogP contribution in [0.2, 0.25) is 0 Å². The summed E-state index contributed by atoms with van der Waals surface area (Å²) in [5, 5.41) is 12.6. The van der Waals surface area contributed by atoms with Gasteiger partial charge in [-0.25, -0.2) is 4.79 Å². The fraction of sp³-hybridized carbons (Fsp3) is 0.481. The lowest BCUT2D eigenvalue weighted by atomic mass is 9.91. The number of nitrogens with one attached hydrogen (secondary N) is 1. The SMILES string of the molecule is COCCCC[C@]1(C(=O)N[C@@H](Cc2ccc(-c3c(OC)cccc3OC)cc2)C(=O)O)CCCO1. The number of benzene rings is 2. The molecule has 2 N–H and O–H groups in total. The second-order valence-corrected chi connectivity index (χ2v) is 8.70. The van der Waals surface area contributed by atoms with Gasteiger partial charge in [-0.1, -0.05) is 30.3 Å². The third-order valence-corrected chi connectivity index (χ3v) is 6.41. The van der Waals surface area contributed by atoms with Gasteiger partial charge in [0.1, 0.15) is 23.1 Å². The Labute approximate surface area is 206 Å². The summed E-state index contributed by atoms with van der Waals surface area (Å²) < 4.78 is 21.9. The Hall–Kier alpha value is -3.10. The maximum Gasteiger partial charge on any atom is 0.326 e. The molecule has 2 aromatic carbocycles. The number of amides is 1. The Morgan fingerprint density at radius 2 is 1.74 bits per heavy atom. The van der Waals surface area contributed by atoms with Crippen molar-refractivity contribution in [3.63, 3.8) is 0 Å². The Morgan fingerprint density at radius 3 is 2.29 bits per heavy atom. The number of carboxylic acid groups (broad SMARTS) is 1. The van der Waals surface area contributed by atoms with Crippen molar-refractivity contribution in [2.75, 3.05) is 34.5 Å². The molecule has 3 rings (SSSR count). The molecular weight excluding hydrogens is 450 g/mol. The van der Waals surface area contributed by atoms with E-state index in [-0.39, 0.29) is 12.3 Å². The van der Waals surface area contributed by atoms with Gasteiger partial charge >= 0.3 is 5.97 Å². The van der Waals surface area contributed by atoms with Gasteiger partial charge < -0.3 is 29.4 Å². The second-order valence-electron chi connectivity index (χ2n) is 8.70. The van der Waals surface area contributed by atoms with Gasteiger partial charge in [-0.15, -0.1) is 0 Å². The van der Waals surface area contributed by atoms with Crippen LogP contribution >= 0.6 is 0 Å². The number of unbranched alkanes of at least 4 members (excludes halogenated alkanes) is 1. The molecule has 0 aliphatic carbocycles. The molecule has 2 atom stereocenters. The predicted molar refractivity (Wildman–Crippen MR) is 132 cm³/mol. The first kappa shape index (κ1) is 26.5. The van der Waals surface area contributed by atoms with Crippen LogP contribution in [0, 0.1) is 0 Å². The van der Waals surface area contributed by atoms with Crippen molar-refractivity contribution in [1.82, 2.24) is 5.32 Å². The van der Waals surface area contributed by atoms with E-state index in [1.807, 2.05) is 42.5 Å². The monoisotopic (exact) mass is 485 g/mol. The summed E-state index contributed by atoms with van der Waals surface area (Å²) in [6.07, 6.45) is 3.67. The van der Waals surface area contributed by atoms with E-state index in [0.717, 1.165) is 36.0 Å². The molecule has 2 aromatic rings. The van der Waals surface area contributed by atoms with Crippen LogP contribution in [-0.2, 0) is 25.5 Å². The summed E-state index contributed by atoms with van der Waals surface area (Å²) >= 11 is 0. The summed E-state index contributed by atoms with van der Waals surface area (Å²) in [6, 6.07) is 12.0. The van der Waals surface area contributed by atoms with Crippen molar-refractivity contribution >= 4 is 11.9 Å². The number of carbonyl (C=O) groups excluding carboxylic acids is 1. The molecule has 0 saturated carbocycles. The van der Waals surface area contributed by atoms with Crippen molar-refractivity contribution in [3.05, 3.63) is 48.0 Å². The van der Waals surface area contributed by atoms with Crippen LogP contribution < -0.4 is 14.8 Å². The maximum atomic E-state index is 13.2. The Balaban J connectivity index is 1.72. The second kappa shape index (κ2) is 12.6. The summed E-state index contributed by atoms with van der Waals surface area (Å²) in [5.41, 5.74) is 1.53. The van der Waals surface area contributed by atoms with Crippen LogP contribution in [0.4, 0.5) is 0 Å². The van der Waals surface area contributed by atoms with E-state index in [0.29, 0.717) is 37.6 Å². The molecule has 190 valence electrons. The van der Waals surface area contributed by atoms with Crippen molar-refractivity contribution in [2.24, 2.45) is 0 Å². The van der Waals surface area contributed by atoms with Crippen LogP contribution in [0.25, 0.3) is 11.1 Å². The molecule has 0 aromatic heterocycles. The van der Waals surface area contributed by atoms with Crippen molar-refractivity contribution < 1.29 is 33.6 Å². The van der Waals surface area contributed by atoms with E-state index < -0.39 is 17.6 Å². The minimum Gasteiger partial charge on any atom is -0.496 e. The zero-order chi connectivity index (χ0) is 25.3. The lowest BCUT2D eigenvalue weighted by Gasteiger charge is -2.29. The van der Waals surface area contributed by atoms with Crippen LogP contribution in [0.1, 0.15) is 37.7 Å². The van der Waals surface area contributed by atoms with Gasteiger partial charge in [0.25, 0.3) is 5.91 Å². The minimum atomic E-state index is -1.08. The summed E-state index contributed by atoms with van der Waals surface area (Å²) in [4.78, 5) is 25.2. The molecule has 0 unspecified atom stereocenters. The Kier molecular flexibility index (Phi) is 9.51. The molecule has 8 heteroatoms. The lowest BCUT2D eigenvalue weighted by Crippen LogP contribution is -2.52. The average molecular weight is 486 g/mol. The van der Waals surface area contributed by atoms with Gasteiger partial charge in [0.2, 0.25) is 0 Å². The van der Waals surface area contributed by atoms with Crippen molar-refractivity contribution in [3.8, 4) is 22.6 Å².